The van der Waals surface area contributed by atoms with Gasteiger partial charge in [0.1, 0.15) is 11.5 Å². The van der Waals surface area contributed by atoms with Crippen LogP contribution in [0, 0.1) is 0 Å². The predicted octanol–water partition coefficient (Wildman–Crippen LogP) is 7.91. The first kappa shape index (κ1) is 26.2. The molecule has 4 rings (SSSR count). The molecule has 0 aliphatic rings. The van der Waals surface area contributed by atoms with Gasteiger partial charge in [0.2, 0.25) is 0 Å². The maximum atomic E-state index is 12.9. The van der Waals surface area contributed by atoms with Crippen LogP contribution in [-0.2, 0) is 0 Å². The van der Waals surface area contributed by atoms with Crippen molar-refractivity contribution in [2.75, 3.05) is 23.8 Å². The molecule has 2 N–H and O–H groups in total. The zero-order valence-electron chi connectivity index (χ0n) is 19.6. The highest BCUT2D eigenvalue weighted by atomic mass is 33.1. The summed E-state index contributed by atoms with van der Waals surface area (Å²) in [4.78, 5) is 27.6. The third-order valence-electron chi connectivity index (χ3n) is 4.83. The molecule has 4 aromatic rings. The largest absolute Gasteiger partial charge is 0.492 e. The monoisotopic (exact) mass is 556 g/mol. The van der Waals surface area contributed by atoms with Crippen LogP contribution < -0.4 is 20.1 Å². The molecule has 0 atom stereocenters. The molecule has 10 heteroatoms. The Morgan fingerprint density at radius 3 is 1.53 bits per heavy atom. The molecular formula is C26H24N2O4S4. The molecule has 36 heavy (non-hydrogen) atoms. The number of thiophene rings is 2. The van der Waals surface area contributed by atoms with Crippen molar-refractivity contribution >= 4 is 67.5 Å². The summed E-state index contributed by atoms with van der Waals surface area (Å²) in [7, 11) is 3.01. The van der Waals surface area contributed by atoms with Crippen molar-refractivity contribution in [3.8, 4) is 11.5 Å². The first-order chi connectivity index (χ1) is 17.6. The van der Waals surface area contributed by atoms with E-state index in [2.05, 4.69) is 10.6 Å². The predicted molar refractivity (Wildman–Crippen MR) is 151 cm³/mol. The van der Waals surface area contributed by atoms with Crippen molar-refractivity contribution in [1.82, 2.24) is 0 Å². The van der Waals surface area contributed by atoms with Gasteiger partial charge in [-0.2, -0.15) is 0 Å². The topological polar surface area (TPSA) is 76.7 Å². The van der Waals surface area contributed by atoms with E-state index in [4.69, 9.17) is 9.47 Å². The number of carbonyl (C=O) groups is 2. The SMILES string of the molecule is CCOc1cscc1C(=O)Nc1ccccc1SSc1ccccc1NC(=O)c1cscc1OCC. The summed E-state index contributed by atoms with van der Waals surface area (Å²) in [6.07, 6.45) is 0. The van der Waals surface area contributed by atoms with Crippen molar-refractivity contribution in [2.45, 2.75) is 23.6 Å². The van der Waals surface area contributed by atoms with E-state index in [-0.39, 0.29) is 11.8 Å². The Morgan fingerprint density at radius 2 is 1.11 bits per heavy atom. The van der Waals surface area contributed by atoms with Gasteiger partial charge in [-0.1, -0.05) is 45.9 Å². The van der Waals surface area contributed by atoms with E-state index in [1.165, 1.54) is 44.3 Å². The molecule has 0 radical (unpaired) electrons. The summed E-state index contributed by atoms with van der Waals surface area (Å²) in [5.74, 6) is 0.738. The normalized spacial score (nSPS) is 10.6. The molecule has 0 aliphatic carbocycles. The second kappa shape index (κ2) is 12.9. The maximum absolute atomic E-state index is 12.9. The summed E-state index contributed by atoms with van der Waals surface area (Å²) in [5.41, 5.74) is 2.44. The highest BCUT2D eigenvalue weighted by Crippen LogP contribution is 2.44. The molecular weight excluding hydrogens is 533 g/mol. The number of ether oxygens (including phenoxy) is 2. The lowest BCUT2D eigenvalue weighted by Crippen LogP contribution is -2.13. The number of hydrogen-bond acceptors (Lipinski definition) is 8. The van der Waals surface area contributed by atoms with Crippen LogP contribution in [0.4, 0.5) is 11.4 Å². The van der Waals surface area contributed by atoms with Crippen molar-refractivity contribution in [2.24, 2.45) is 0 Å². The number of amides is 2. The van der Waals surface area contributed by atoms with Crippen LogP contribution in [0.5, 0.6) is 11.5 Å². The lowest BCUT2D eigenvalue weighted by atomic mass is 10.2. The van der Waals surface area contributed by atoms with E-state index in [1.54, 1.807) is 10.8 Å². The van der Waals surface area contributed by atoms with Gasteiger partial charge in [-0.25, -0.2) is 0 Å². The summed E-state index contributed by atoms with van der Waals surface area (Å²) >= 11 is 2.86. The molecule has 2 aromatic heterocycles. The Bertz CT molecular complexity index is 1230. The van der Waals surface area contributed by atoms with Crippen molar-refractivity contribution in [3.63, 3.8) is 0 Å². The Hall–Kier alpha value is -2.92. The molecule has 2 amide bonds. The molecule has 0 spiro atoms. The summed E-state index contributed by atoms with van der Waals surface area (Å²) in [6.45, 7) is 4.77. The summed E-state index contributed by atoms with van der Waals surface area (Å²) in [6, 6.07) is 15.2. The minimum atomic E-state index is -0.216. The van der Waals surface area contributed by atoms with Gasteiger partial charge in [-0.05, 0) is 38.1 Å². The number of rotatable bonds is 11. The fourth-order valence-corrected chi connectivity index (χ4v) is 6.96. The molecule has 186 valence electrons. The Balaban J connectivity index is 1.46. The van der Waals surface area contributed by atoms with E-state index in [0.717, 1.165) is 9.79 Å². The number of carbonyl (C=O) groups excluding carboxylic acids is 2. The van der Waals surface area contributed by atoms with Gasteiger partial charge in [-0.15, -0.1) is 22.7 Å². The van der Waals surface area contributed by atoms with E-state index < -0.39 is 0 Å². The van der Waals surface area contributed by atoms with Crippen LogP contribution in [0.15, 0.2) is 79.8 Å². The van der Waals surface area contributed by atoms with Crippen LogP contribution in [0.2, 0.25) is 0 Å². The van der Waals surface area contributed by atoms with Crippen molar-refractivity contribution in [1.29, 1.82) is 0 Å². The number of benzene rings is 2. The van der Waals surface area contributed by atoms with Crippen molar-refractivity contribution < 1.29 is 19.1 Å². The molecule has 2 aromatic carbocycles. The zero-order valence-corrected chi connectivity index (χ0v) is 22.9. The molecule has 0 bridgehead atoms. The molecule has 0 saturated heterocycles. The van der Waals surface area contributed by atoms with Gasteiger partial charge in [0, 0.05) is 31.3 Å². The highest BCUT2D eigenvalue weighted by Gasteiger charge is 2.18. The standard InChI is InChI=1S/C26H24N2O4S4/c1-3-31-21-15-33-13-17(21)25(29)27-19-9-5-7-11-23(19)35-36-24-12-8-6-10-20(24)28-26(30)18-14-34-16-22(18)32-4-2/h5-16H,3-4H2,1-2H3,(H,27,29)(H,28,30). The van der Waals surface area contributed by atoms with Crippen LogP contribution >= 0.6 is 44.3 Å². The quantitative estimate of drug-likeness (QED) is 0.183. The van der Waals surface area contributed by atoms with Crippen LogP contribution in [0.1, 0.15) is 34.6 Å². The van der Waals surface area contributed by atoms with E-state index in [0.29, 0.717) is 47.2 Å². The average molecular weight is 557 g/mol. The van der Waals surface area contributed by atoms with Gasteiger partial charge in [0.15, 0.2) is 0 Å². The van der Waals surface area contributed by atoms with Gasteiger partial charge in [0.25, 0.3) is 11.8 Å². The van der Waals surface area contributed by atoms with E-state index in [9.17, 15) is 9.59 Å². The Labute approximate surface area is 225 Å². The first-order valence-electron chi connectivity index (χ1n) is 11.1. The summed E-state index contributed by atoms with van der Waals surface area (Å²) in [5, 5.41) is 13.2. The number of para-hydroxylation sites is 2. The summed E-state index contributed by atoms with van der Waals surface area (Å²) < 4.78 is 11.1. The smallest absolute Gasteiger partial charge is 0.260 e. The van der Waals surface area contributed by atoms with Gasteiger partial charge in [-0.3, -0.25) is 9.59 Å². The number of hydrogen-bond donors (Lipinski definition) is 2. The van der Waals surface area contributed by atoms with E-state index in [1.807, 2.05) is 73.1 Å². The fraction of sp³-hybridized carbons (Fsp3) is 0.154. The third-order valence-corrected chi connectivity index (χ3v) is 8.76. The minimum absolute atomic E-state index is 0.216. The minimum Gasteiger partial charge on any atom is -0.492 e. The second-order valence-corrected chi connectivity index (χ2v) is 10.9. The molecule has 0 unspecified atom stereocenters. The van der Waals surface area contributed by atoms with E-state index >= 15 is 0 Å². The maximum Gasteiger partial charge on any atom is 0.260 e. The molecule has 2 heterocycles. The number of nitrogens with one attached hydrogen (secondary N) is 2. The van der Waals surface area contributed by atoms with Crippen molar-refractivity contribution in [3.05, 3.63) is 81.2 Å². The van der Waals surface area contributed by atoms with Gasteiger partial charge < -0.3 is 20.1 Å². The lowest BCUT2D eigenvalue weighted by molar-refractivity contribution is 0.101. The molecule has 0 fully saturated rings. The Kier molecular flexibility index (Phi) is 9.35. The highest BCUT2D eigenvalue weighted by molar-refractivity contribution is 8.76. The van der Waals surface area contributed by atoms with Crippen LogP contribution in [0.3, 0.4) is 0 Å². The van der Waals surface area contributed by atoms with Gasteiger partial charge in [0.05, 0.1) is 35.7 Å². The second-order valence-electron chi connectivity index (χ2n) is 7.23. The van der Waals surface area contributed by atoms with Crippen LogP contribution in [-0.4, -0.2) is 25.0 Å². The molecule has 0 aliphatic heterocycles. The van der Waals surface area contributed by atoms with Gasteiger partial charge >= 0.3 is 0 Å². The number of anilines is 2. The van der Waals surface area contributed by atoms with Crippen LogP contribution in [0.25, 0.3) is 0 Å². The molecule has 6 nitrogen and oxygen atoms in total. The Morgan fingerprint density at radius 1 is 0.694 bits per heavy atom. The lowest BCUT2D eigenvalue weighted by Gasteiger charge is -2.13. The average Bonchev–Trinajstić information content (AvgIpc) is 3.54. The third kappa shape index (κ3) is 6.44. The zero-order chi connectivity index (χ0) is 25.3. The first-order valence-corrected chi connectivity index (χ1v) is 15.2. The fourth-order valence-electron chi connectivity index (χ4n) is 3.19. The molecule has 0 saturated carbocycles.